The van der Waals surface area contributed by atoms with Gasteiger partial charge in [0.15, 0.2) is 5.65 Å². The SMILES string of the molecule is NC(=O)[C@H]1CC[C@H](n2c(Nc3c(F)cc(Cl)cc3Cl)nc3cnc(N[C@@H]4CCCN(Cc5ccccc5)C4)nc32)CC1. The average molecular weight is 612 g/mol. The van der Waals surface area contributed by atoms with Gasteiger partial charge in [0.2, 0.25) is 17.8 Å². The minimum absolute atomic E-state index is 0.0268. The van der Waals surface area contributed by atoms with Gasteiger partial charge in [-0.15, -0.1) is 0 Å². The van der Waals surface area contributed by atoms with Crippen LogP contribution in [0, 0.1) is 11.7 Å². The number of fused-ring (bicyclic) bond motifs is 1. The molecule has 4 N–H and O–H groups in total. The van der Waals surface area contributed by atoms with Crippen molar-refractivity contribution in [1.82, 2.24) is 24.4 Å². The summed E-state index contributed by atoms with van der Waals surface area (Å²) in [4.78, 5) is 28.5. The maximum absolute atomic E-state index is 14.9. The molecule has 9 nitrogen and oxygen atoms in total. The number of piperidine rings is 1. The molecule has 1 amide bonds. The van der Waals surface area contributed by atoms with Gasteiger partial charge in [0.05, 0.1) is 16.9 Å². The lowest BCUT2D eigenvalue weighted by molar-refractivity contribution is -0.122. The zero-order valence-electron chi connectivity index (χ0n) is 23.1. The topological polar surface area (TPSA) is 114 Å². The van der Waals surface area contributed by atoms with E-state index in [0.717, 1.165) is 32.5 Å². The number of carbonyl (C=O) groups excluding carboxylic acids is 1. The number of hydrogen-bond donors (Lipinski definition) is 3. The Hall–Kier alpha value is -3.47. The van der Waals surface area contributed by atoms with Gasteiger partial charge < -0.3 is 16.4 Å². The van der Waals surface area contributed by atoms with Crippen LogP contribution in [0.15, 0.2) is 48.7 Å². The largest absolute Gasteiger partial charge is 0.369 e. The number of nitrogens with zero attached hydrogens (tertiary/aromatic N) is 5. The smallest absolute Gasteiger partial charge is 0.225 e. The van der Waals surface area contributed by atoms with Crippen LogP contribution in [0.25, 0.3) is 11.2 Å². The van der Waals surface area contributed by atoms with E-state index in [1.54, 1.807) is 6.20 Å². The first-order valence-electron chi connectivity index (χ1n) is 14.3. The summed E-state index contributed by atoms with van der Waals surface area (Å²) in [6.07, 6.45) is 6.50. The van der Waals surface area contributed by atoms with E-state index in [1.807, 2.05) is 10.6 Å². The van der Waals surface area contributed by atoms with Crippen LogP contribution in [0.4, 0.5) is 22.0 Å². The van der Waals surface area contributed by atoms with E-state index in [4.69, 9.17) is 38.9 Å². The molecule has 0 bridgehead atoms. The number of imidazole rings is 1. The Balaban J connectivity index is 1.28. The molecule has 42 heavy (non-hydrogen) atoms. The number of amides is 1. The molecule has 0 spiro atoms. The highest BCUT2D eigenvalue weighted by Crippen LogP contribution is 2.38. The van der Waals surface area contributed by atoms with Crippen molar-refractivity contribution in [3.05, 3.63) is 70.1 Å². The van der Waals surface area contributed by atoms with E-state index in [9.17, 15) is 9.18 Å². The number of nitrogens with one attached hydrogen (secondary N) is 2. The number of halogens is 3. The second-order valence-corrected chi connectivity index (χ2v) is 12.0. The highest BCUT2D eigenvalue weighted by Gasteiger charge is 2.30. The van der Waals surface area contributed by atoms with Crippen molar-refractivity contribution in [3.63, 3.8) is 0 Å². The first-order valence-corrected chi connectivity index (χ1v) is 15.1. The van der Waals surface area contributed by atoms with Gasteiger partial charge in [-0.1, -0.05) is 53.5 Å². The van der Waals surface area contributed by atoms with Crippen molar-refractivity contribution >= 4 is 57.9 Å². The maximum Gasteiger partial charge on any atom is 0.225 e. The van der Waals surface area contributed by atoms with Crippen LogP contribution in [0.1, 0.15) is 50.1 Å². The number of primary amides is 1. The third-order valence-electron chi connectivity index (χ3n) is 8.23. The average Bonchev–Trinajstić information content (AvgIpc) is 3.33. The number of anilines is 3. The van der Waals surface area contributed by atoms with Crippen molar-refractivity contribution in [2.75, 3.05) is 23.7 Å². The third-order valence-corrected chi connectivity index (χ3v) is 8.74. The summed E-state index contributed by atoms with van der Waals surface area (Å²) >= 11 is 12.3. The number of likely N-dealkylation sites (tertiary alicyclic amines) is 1. The van der Waals surface area contributed by atoms with E-state index in [-0.39, 0.29) is 39.6 Å². The summed E-state index contributed by atoms with van der Waals surface area (Å²) in [5.41, 5.74) is 8.16. The van der Waals surface area contributed by atoms with E-state index in [0.29, 0.717) is 48.7 Å². The standard InChI is InChI=1S/C30H33Cl2FN8O/c31-20-13-23(32)26(24(33)14-20)38-30-37-25-15-35-29(39-28(25)41(30)22-10-8-19(9-11-22)27(34)42)36-21-7-4-12-40(17-21)16-18-5-2-1-3-6-18/h1-3,5-6,13-15,19,21-22H,4,7-12,16-17H2,(H2,34,42)(H,37,38)(H,35,36,39)/t19-,21-,22-/m1/s1. The normalized spacial score (nSPS) is 21.4. The van der Waals surface area contributed by atoms with Gasteiger partial charge in [-0.2, -0.15) is 4.98 Å². The van der Waals surface area contributed by atoms with E-state index in [2.05, 4.69) is 44.8 Å². The lowest BCUT2D eigenvalue weighted by atomic mass is 9.85. The molecule has 4 aromatic rings. The van der Waals surface area contributed by atoms with Crippen molar-refractivity contribution in [1.29, 1.82) is 0 Å². The number of hydrogen-bond acceptors (Lipinski definition) is 7. The fourth-order valence-corrected chi connectivity index (χ4v) is 6.64. The molecule has 2 aliphatic rings. The van der Waals surface area contributed by atoms with E-state index >= 15 is 0 Å². The molecule has 2 fully saturated rings. The Morgan fingerprint density at radius 3 is 2.60 bits per heavy atom. The molecule has 1 aliphatic carbocycles. The molecule has 1 saturated heterocycles. The molecule has 3 heterocycles. The Labute approximate surface area is 253 Å². The van der Waals surface area contributed by atoms with Crippen LogP contribution in [0.3, 0.4) is 0 Å². The summed E-state index contributed by atoms with van der Waals surface area (Å²) in [6, 6.07) is 13.3. The molecule has 6 rings (SSSR count). The summed E-state index contributed by atoms with van der Waals surface area (Å²) in [5.74, 6) is -0.112. The van der Waals surface area contributed by atoms with Gasteiger partial charge >= 0.3 is 0 Å². The lowest BCUT2D eigenvalue weighted by Crippen LogP contribution is -2.41. The minimum atomic E-state index is -0.589. The predicted octanol–water partition coefficient (Wildman–Crippen LogP) is 6.31. The van der Waals surface area contributed by atoms with Gasteiger partial charge in [-0.05, 0) is 62.8 Å². The molecule has 1 atom stereocenters. The van der Waals surface area contributed by atoms with Gasteiger partial charge in [-0.25, -0.2) is 14.4 Å². The van der Waals surface area contributed by atoms with Gasteiger partial charge in [0, 0.05) is 36.1 Å². The van der Waals surface area contributed by atoms with Crippen LogP contribution in [-0.2, 0) is 11.3 Å². The molecule has 2 aromatic carbocycles. The summed E-state index contributed by atoms with van der Waals surface area (Å²) in [5, 5.41) is 6.97. The minimum Gasteiger partial charge on any atom is -0.369 e. The van der Waals surface area contributed by atoms with Crippen molar-refractivity contribution < 1.29 is 9.18 Å². The van der Waals surface area contributed by atoms with Crippen molar-refractivity contribution in [3.8, 4) is 0 Å². The molecule has 1 aliphatic heterocycles. The van der Waals surface area contributed by atoms with E-state index in [1.165, 1.54) is 17.7 Å². The number of aromatic nitrogens is 4. The number of rotatable bonds is 8. The van der Waals surface area contributed by atoms with E-state index < -0.39 is 5.82 Å². The Morgan fingerprint density at radius 1 is 1.07 bits per heavy atom. The highest BCUT2D eigenvalue weighted by atomic mass is 35.5. The second kappa shape index (κ2) is 12.4. The highest BCUT2D eigenvalue weighted by molar-refractivity contribution is 6.36. The predicted molar refractivity (Wildman–Crippen MR) is 164 cm³/mol. The van der Waals surface area contributed by atoms with Crippen LogP contribution in [0.5, 0.6) is 0 Å². The summed E-state index contributed by atoms with van der Waals surface area (Å²) in [6.45, 7) is 2.83. The zero-order valence-corrected chi connectivity index (χ0v) is 24.6. The Kier molecular flexibility index (Phi) is 8.46. The molecular formula is C30H33Cl2FN8O. The second-order valence-electron chi connectivity index (χ2n) is 11.2. The number of benzene rings is 2. The Bertz CT molecular complexity index is 1550. The van der Waals surface area contributed by atoms with Crippen LogP contribution >= 0.6 is 23.2 Å². The fourth-order valence-electron chi connectivity index (χ4n) is 6.13. The zero-order chi connectivity index (χ0) is 29.2. The van der Waals surface area contributed by atoms with Gasteiger partial charge in [-0.3, -0.25) is 14.3 Å². The van der Waals surface area contributed by atoms with Gasteiger partial charge in [0.25, 0.3) is 0 Å². The van der Waals surface area contributed by atoms with Crippen LogP contribution < -0.4 is 16.4 Å². The summed E-state index contributed by atoms with van der Waals surface area (Å²) in [7, 11) is 0. The molecule has 12 heteroatoms. The van der Waals surface area contributed by atoms with Gasteiger partial charge in [0.1, 0.15) is 11.3 Å². The number of carbonyl (C=O) groups is 1. The molecule has 0 unspecified atom stereocenters. The summed E-state index contributed by atoms with van der Waals surface area (Å²) < 4.78 is 16.9. The fraction of sp³-hybridized carbons (Fsp3) is 0.400. The molecular weight excluding hydrogens is 578 g/mol. The molecule has 0 radical (unpaired) electrons. The molecule has 1 saturated carbocycles. The van der Waals surface area contributed by atoms with Crippen molar-refractivity contribution in [2.24, 2.45) is 11.7 Å². The lowest BCUT2D eigenvalue weighted by Gasteiger charge is -2.33. The van der Waals surface area contributed by atoms with Crippen LogP contribution in [-0.4, -0.2) is 49.5 Å². The first-order chi connectivity index (χ1) is 20.3. The van der Waals surface area contributed by atoms with Crippen LogP contribution in [0.2, 0.25) is 10.0 Å². The quantitative estimate of drug-likeness (QED) is 0.214. The Morgan fingerprint density at radius 2 is 1.86 bits per heavy atom. The monoisotopic (exact) mass is 610 g/mol. The first kappa shape index (κ1) is 28.6. The molecule has 220 valence electrons. The van der Waals surface area contributed by atoms with Crippen molar-refractivity contribution in [2.45, 2.75) is 57.2 Å². The number of nitrogens with two attached hydrogens (primary N) is 1. The third kappa shape index (κ3) is 6.30. The maximum atomic E-state index is 14.9. The molecule has 2 aromatic heterocycles.